The predicted octanol–water partition coefficient (Wildman–Crippen LogP) is 0.126. The molecule has 0 heterocycles. The zero-order valence-electron chi connectivity index (χ0n) is 70.8. The molecule has 11 aliphatic rings. The third-order valence-corrected chi connectivity index (χ3v) is 27.3. The fourth-order valence-electron chi connectivity index (χ4n) is 17.8. The number of alkyl halides is 6. The molecule has 28 nitrogen and oxygen atoms in total. The van der Waals surface area contributed by atoms with Crippen LogP contribution in [0.4, 0.5) is 26.3 Å². The molecule has 0 aromatic carbocycles. The normalized spacial score (nSPS) is 45.8. The second-order valence-electron chi connectivity index (χ2n) is 36.1. The standard InChI is InChI=1S/C8H13F3O3.C8H15FO3.C8H15FO2.2C8H16O3.C8H14O3.C7H13FO2.C7H14O3.C7H12O3.C7H14O2.C7H12O/c1-4-2-5(3-12)6(13)7(4,14)8(9,10)11;1-5-2-6(3-10)7(11)8(5,12)4-9;1-5-3-6(4-10)7(11)8(5,2)9;1-5-3-6(4-9)7(10)8(5,2)11;1-5-2-6(3-9)7(4-10)8(5)11;1-4-5(2)7(10)8(11)6(4)3-9;1-4-2-5(3-9)7(10)6(4)8;2*1-4-2-5(3-8)7(10)6(4)9;1-5-2-6(4-8)3-7(5)9;1-6-2-3-7(4-6)5-8/h4-6,12-14H,2-3H2,1H3;5-7,10-12H,2-4H2,1H3;5-7,10-11H,3-4H2,1-2H3;5-7,9-11H,3-4H2,1-2H3;5-11H,2-4H2,1H3;5-11H,1,3H2,2H3;4-7,9-10H,2-3H2,1H3;4-10H,2-3H2,1H3;2,4,6-10H,3H2,1H3;5-9H,2-4H2,1H3;2-3,6-8H,4-5H2,1H3/t4-,5-,6-,7+;4*5-,6-,7-,8+;5-,6+,7+,8-;2*4-,5-,6+,7-;4-,6+,7-;5-,6+,7-;6-,7+/m11111111110/s1. The van der Waals surface area contributed by atoms with E-state index in [9.17, 15) is 92.7 Å². The molecule has 9 fully saturated rings. The van der Waals surface area contributed by atoms with Gasteiger partial charge in [0.25, 0.3) is 0 Å². The molecular formula is C83H154F6O28. The Bertz CT molecular complexity index is 2710. The van der Waals surface area contributed by atoms with Crippen LogP contribution in [-0.2, 0) is 0 Å². The van der Waals surface area contributed by atoms with E-state index >= 15 is 0 Å². The molecule has 40 atom stereocenters. The van der Waals surface area contributed by atoms with Crippen molar-refractivity contribution < 1.29 is 169 Å². The summed E-state index contributed by atoms with van der Waals surface area (Å²) in [5, 5.41) is 254. The summed E-state index contributed by atoms with van der Waals surface area (Å²) >= 11 is 0. The van der Waals surface area contributed by atoms with Crippen molar-refractivity contribution in [2.75, 3.05) is 86.0 Å². The van der Waals surface area contributed by atoms with Gasteiger partial charge in [0.05, 0.1) is 92.1 Å². The molecule has 9 saturated carbocycles. The molecule has 0 saturated heterocycles. The summed E-state index contributed by atoms with van der Waals surface area (Å²) in [7, 11) is 0. The van der Waals surface area contributed by atoms with Crippen LogP contribution in [-0.4, -0.2) is 343 Å². The monoisotopic (exact) mass is 1710 g/mol. The van der Waals surface area contributed by atoms with E-state index in [1.54, 1.807) is 47.6 Å². The fraction of sp³-hybridized carbons (Fsp3) is 0.928. The van der Waals surface area contributed by atoms with Crippen LogP contribution in [0.1, 0.15) is 154 Å². The molecule has 0 bridgehead atoms. The highest BCUT2D eigenvalue weighted by molar-refractivity contribution is 5.20. The first-order valence-corrected chi connectivity index (χ1v) is 41.5. The maximum Gasteiger partial charge on any atom is 0.420 e. The molecule has 11 rings (SSSR count). The van der Waals surface area contributed by atoms with Crippen LogP contribution >= 0.6 is 0 Å². The highest BCUT2D eigenvalue weighted by Crippen LogP contribution is 2.50. The molecule has 0 spiro atoms. The number of aliphatic hydroxyl groups is 28. The quantitative estimate of drug-likeness (QED) is 0.0860. The van der Waals surface area contributed by atoms with Gasteiger partial charge < -0.3 is 143 Å². The molecule has 0 aromatic rings. The first-order valence-electron chi connectivity index (χ1n) is 41.5. The van der Waals surface area contributed by atoms with Crippen molar-refractivity contribution in [1.29, 1.82) is 0 Å². The summed E-state index contributed by atoms with van der Waals surface area (Å²) in [5.74, 6) is -2.00. The van der Waals surface area contributed by atoms with E-state index in [0.29, 0.717) is 61.5 Å². The van der Waals surface area contributed by atoms with Crippen LogP contribution < -0.4 is 0 Å². The van der Waals surface area contributed by atoms with Gasteiger partial charge in [-0.05, 0) is 149 Å². The van der Waals surface area contributed by atoms with Crippen LogP contribution in [0.5, 0.6) is 0 Å². The Morgan fingerprint density at radius 1 is 0.419 bits per heavy atom. The number of rotatable bonds is 13. The number of allylic oxidation sites excluding steroid dienone is 1. The van der Waals surface area contributed by atoms with Crippen molar-refractivity contribution in [2.24, 2.45) is 130 Å². The highest BCUT2D eigenvalue weighted by Gasteiger charge is 2.67. The van der Waals surface area contributed by atoms with E-state index in [0.717, 1.165) is 37.7 Å². The number of hydrogen-bond donors (Lipinski definition) is 28. The maximum absolute atomic E-state index is 13.5. The lowest BCUT2D eigenvalue weighted by molar-refractivity contribution is -0.297. The van der Waals surface area contributed by atoms with Gasteiger partial charge in [-0.15, -0.1) is 0 Å². The third-order valence-electron chi connectivity index (χ3n) is 27.3. The van der Waals surface area contributed by atoms with Crippen LogP contribution in [0.2, 0.25) is 0 Å². The SMILES string of the molecule is C=C1[C@@H](C)[C@H](O)[C@H](O)[C@H]1CO.C[C@@H]1C=C(CO)[C@@H](O)[C@H]1O.C[C@@H]1C[C@H](CO)C[C@H]1O.C[C@@H]1C[C@H](CO)[C@@H](CO)[C@H]1O.C[C@@H]1C[C@H](CO)[C@@H](O)[C@@]1(C)F.C[C@@H]1C[C@H](CO)[C@@H](O)[C@@]1(C)O.C[C@@H]1C[C@H](CO)[C@@H](O)[C@H]1F.C[C@@H]1C[C@H](CO)[C@@H](O)[C@H]1O.C[C@@H]1C[C@H](CO)[C@@H](O)[C@]1(O)C(F)(F)F.C[C@@H]1C[C@H](CO)[C@@H](O)[C@]1(O)CF.C[C@H]1C=C[C@@H](CO)C1. The minimum absolute atomic E-state index is 0.0171. The largest absolute Gasteiger partial charge is 0.420 e. The van der Waals surface area contributed by atoms with Crippen molar-refractivity contribution in [3.63, 3.8) is 0 Å². The molecule has 696 valence electrons. The van der Waals surface area contributed by atoms with Crippen LogP contribution in [0, 0.1) is 130 Å². The van der Waals surface area contributed by atoms with Crippen molar-refractivity contribution >= 4 is 0 Å². The molecule has 117 heavy (non-hydrogen) atoms. The smallest absolute Gasteiger partial charge is 0.396 e. The van der Waals surface area contributed by atoms with Crippen molar-refractivity contribution in [3.8, 4) is 0 Å². The topological polar surface area (TPSA) is 566 Å². The lowest BCUT2D eigenvalue weighted by atomic mass is 9.90. The molecule has 34 heteroatoms. The average Bonchev–Trinajstić information content (AvgIpc) is 1.61. The molecule has 0 unspecified atom stereocenters. The minimum atomic E-state index is -4.87. The molecule has 0 aliphatic heterocycles. The molecule has 11 aliphatic carbocycles. The van der Waals surface area contributed by atoms with Gasteiger partial charge in [0.15, 0.2) is 5.60 Å². The molecule has 28 N–H and O–H groups in total. The van der Waals surface area contributed by atoms with Crippen molar-refractivity contribution in [3.05, 3.63) is 36.0 Å². The summed E-state index contributed by atoms with van der Waals surface area (Å²) in [6.45, 7) is 25.0. The number of aliphatic hydroxyl groups excluding tert-OH is 25. The fourth-order valence-corrected chi connectivity index (χ4v) is 17.8. The molecule has 0 amide bonds. The Morgan fingerprint density at radius 2 is 0.872 bits per heavy atom. The van der Waals surface area contributed by atoms with Crippen LogP contribution in [0.3, 0.4) is 0 Å². The second kappa shape index (κ2) is 51.3. The van der Waals surface area contributed by atoms with Crippen molar-refractivity contribution in [1.82, 2.24) is 0 Å². The van der Waals surface area contributed by atoms with Gasteiger partial charge in [-0.2, -0.15) is 13.2 Å². The molecular weight excluding hydrogens is 1560 g/mol. The Hall–Kier alpha value is -2.32. The van der Waals surface area contributed by atoms with Crippen LogP contribution in [0.25, 0.3) is 0 Å². The van der Waals surface area contributed by atoms with E-state index in [4.69, 9.17) is 76.6 Å². The van der Waals surface area contributed by atoms with Gasteiger partial charge >= 0.3 is 6.18 Å². The van der Waals surface area contributed by atoms with E-state index in [1.807, 2.05) is 27.7 Å². The summed E-state index contributed by atoms with van der Waals surface area (Å²) in [6, 6.07) is 0. The maximum atomic E-state index is 13.5. The molecule has 0 radical (unpaired) electrons. The van der Waals surface area contributed by atoms with Crippen molar-refractivity contribution in [2.45, 2.75) is 268 Å². The number of halogens is 6. The minimum Gasteiger partial charge on any atom is -0.396 e. The number of hydrogen-bond acceptors (Lipinski definition) is 28. The van der Waals surface area contributed by atoms with E-state index in [2.05, 4.69) is 25.7 Å². The van der Waals surface area contributed by atoms with E-state index in [-0.39, 0.29) is 173 Å². The van der Waals surface area contributed by atoms with Gasteiger partial charge in [-0.1, -0.05) is 107 Å². The van der Waals surface area contributed by atoms with Gasteiger partial charge in [0.1, 0.15) is 30.2 Å². The highest BCUT2D eigenvalue weighted by atomic mass is 19.4. The first-order chi connectivity index (χ1) is 54.1. The summed E-state index contributed by atoms with van der Waals surface area (Å²) in [6.07, 6.45) is -4.24. The second-order valence-corrected chi connectivity index (χ2v) is 36.1. The zero-order chi connectivity index (χ0) is 90.8. The van der Waals surface area contributed by atoms with Gasteiger partial charge in [-0.25, -0.2) is 13.2 Å². The zero-order valence-corrected chi connectivity index (χ0v) is 70.8. The lowest BCUT2D eigenvalue weighted by Crippen LogP contribution is -2.56. The summed E-state index contributed by atoms with van der Waals surface area (Å²) < 4.78 is 76.1. The summed E-state index contributed by atoms with van der Waals surface area (Å²) in [4.78, 5) is 0. The van der Waals surface area contributed by atoms with Crippen LogP contribution in [0.15, 0.2) is 36.0 Å². The third kappa shape index (κ3) is 29.6. The van der Waals surface area contributed by atoms with E-state index in [1.165, 1.54) is 13.8 Å². The Labute approximate surface area is 687 Å². The van der Waals surface area contributed by atoms with Gasteiger partial charge in [0.2, 0.25) is 0 Å². The van der Waals surface area contributed by atoms with E-state index < -0.39 is 133 Å². The predicted molar refractivity (Wildman–Crippen MR) is 422 cm³/mol. The Balaban J connectivity index is 0.000000645. The van der Waals surface area contributed by atoms with Gasteiger partial charge in [-0.3, -0.25) is 0 Å². The first kappa shape index (κ1) is 113. The average molecular weight is 1710 g/mol. The Morgan fingerprint density at radius 3 is 1.09 bits per heavy atom. The lowest BCUT2D eigenvalue weighted by Gasteiger charge is -2.33. The summed E-state index contributed by atoms with van der Waals surface area (Å²) in [5.41, 5.74) is -6.00. The van der Waals surface area contributed by atoms with Gasteiger partial charge in [0, 0.05) is 131 Å². The Kier molecular flexibility index (Phi) is 49.4. The molecule has 0 aromatic heterocycles.